The van der Waals surface area contributed by atoms with Crippen LogP contribution in [0.2, 0.25) is 0 Å². The van der Waals surface area contributed by atoms with Gasteiger partial charge < -0.3 is 20.5 Å². The molecule has 0 aliphatic carbocycles. The van der Waals surface area contributed by atoms with E-state index >= 15 is 0 Å². The van der Waals surface area contributed by atoms with Crippen LogP contribution < -0.4 is 20.5 Å². The maximum atomic E-state index is 13.2. The fraction of sp³-hybridized carbons (Fsp3) is 0.240. The third kappa shape index (κ3) is 4.61. The Bertz CT molecular complexity index is 1300. The molecule has 0 fully saturated rings. The predicted octanol–water partition coefficient (Wildman–Crippen LogP) is 4.68. The molecule has 0 unspecified atom stereocenters. The Balaban J connectivity index is 1.62. The van der Waals surface area contributed by atoms with Gasteiger partial charge in [0.25, 0.3) is 5.91 Å². The van der Waals surface area contributed by atoms with E-state index in [1.54, 1.807) is 14.2 Å². The van der Waals surface area contributed by atoms with E-state index in [1.165, 1.54) is 11.3 Å². The van der Waals surface area contributed by atoms with E-state index in [0.29, 0.717) is 39.3 Å². The van der Waals surface area contributed by atoms with E-state index in [2.05, 4.69) is 10.3 Å². The van der Waals surface area contributed by atoms with Gasteiger partial charge in [0.05, 0.1) is 30.5 Å². The number of hydrogen-bond donors (Lipinski definition) is 2. The topological polar surface area (TPSA) is 99.4 Å². The lowest BCUT2D eigenvalue weighted by atomic mass is 10.1. The number of fused-ring (bicyclic) bond motifs is 1. The van der Waals surface area contributed by atoms with Gasteiger partial charge in [0.1, 0.15) is 28.0 Å². The maximum Gasteiger partial charge on any atom is 0.262 e. The van der Waals surface area contributed by atoms with Crippen molar-refractivity contribution >= 4 is 33.3 Å². The standard InChI is InChI=1S/C25H26N4O3S/c1-14-21-23(26)28-20(12-16-8-6-5-7-9-16)29-25(21)33-22(14)24(30)27-15(2)18-13-17(31-3)10-11-19(18)32-4/h5-11,13,15H,12H2,1-4H3,(H,27,30)(H2,26,28,29)/t15-/m1/s1. The molecule has 0 saturated carbocycles. The first-order valence-corrected chi connectivity index (χ1v) is 11.3. The van der Waals surface area contributed by atoms with Crippen molar-refractivity contribution in [3.63, 3.8) is 0 Å². The van der Waals surface area contributed by atoms with Crippen molar-refractivity contribution in [2.24, 2.45) is 0 Å². The normalized spacial score (nSPS) is 11.9. The van der Waals surface area contributed by atoms with Crippen LogP contribution in [0.3, 0.4) is 0 Å². The van der Waals surface area contributed by atoms with Crippen molar-refractivity contribution < 1.29 is 14.3 Å². The Morgan fingerprint density at radius 2 is 1.88 bits per heavy atom. The van der Waals surface area contributed by atoms with Crippen molar-refractivity contribution in [3.05, 3.63) is 75.9 Å². The highest BCUT2D eigenvalue weighted by Crippen LogP contribution is 2.34. The summed E-state index contributed by atoms with van der Waals surface area (Å²) in [6.07, 6.45) is 0.576. The first kappa shape index (κ1) is 22.5. The lowest BCUT2D eigenvalue weighted by Crippen LogP contribution is -2.26. The summed E-state index contributed by atoms with van der Waals surface area (Å²) in [6, 6.07) is 15.2. The number of aromatic nitrogens is 2. The number of nitrogens with one attached hydrogen (secondary N) is 1. The molecule has 1 atom stereocenters. The van der Waals surface area contributed by atoms with Crippen LogP contribution in [0.1, 0.15) is 45.2 Å². The van der Waals surface area contributed by atoms with Crippen LogP contribution in [0.15, 0.2) is 48.5 Å². The Morgan fingerprint density at radius 3 is 2.58 bits per heavy atom. The number of aryl methyl sites for hydroxylation is 1. The molecule has 33 heavy (non-hydrogen) atoms. The first-order valence-electron chi connectivity index (χ1n) is 10.5. The number of nitrogen functional groups attached to an aromatic ring is 1. The fourth-order valence-electron chi connectivity index (χ4n) is 3.81. The van der Waals surface area contributed by atoms with Gasteiger partial charge in [-0.1, -0.05) is 30.3 Å². The van der Waals surface area contributed by atoms with E-state index in [0.717, 1.165) is 22.1 Å². The molecule has 7 nitrogen and oxygen atoms in total. The molecule has 2 aromatic carbocycles. The third-order valence-corrected chi connectivity index (χ3v) is 6.71. The minimum absolute atomic E-state index is 0.197. The van der Waals surface area contributed by atoms with Gasteiger partial charge in [-0.05, 0) is 43.2 Å². The van der Waals surface area contributed by atoms with Crippen LogP contribution in [0.4, 0.5) is 5.82 Å². The second-order valence-corrected chi connectivity index (χ2v) is 8.73. The minimum atomic E-state index is -0.302. The molecule has 3 N–H and O–H groups in total. The third-order valence-electron chi connectivity index (χ3n) is 5.53. The highest BCUT2D eigenvalue weighted by Gasteiger charge is 2.22. The fourth-order valence-corrected chi connectivity index (χ4v) is 4.92. The largest absolute Gasteiger partial charge is 0.497 e. The maximum absolute atomic E-state index is 13.2. The minimum Gasteiger partial charge on any atom is -0.497 e. The molecule has 0 aliphatic rings. The summed E-state index contributed by atoms with van der Waals surface area (Å²) in [6.45, 7) is 3.78. The Labute approximate surface area is 196 Å². The zero-order valence-electron chi connectivity index (χ0n) is 19.0. The second-order valence-electron chi connectivity index (χ2n) is 7.73. The monoisotopic (exact) mass is 462 g/mol. The van der Waals surface area contributed by atoms with Crippen LogP contribution >= 0.6 is 11.3 Å². The van der Waals surface area contributed by atoms with Crippen molar-refractivity contribution in [2.45, 2.75) is 26.3 Å². The summed E-state index contributed by atoms with van der Waals surface area (Å²) in [5.41, 5.74) is 8.99. The van der Waals surface area contributed by atoms with Crippen LogP contribution in [0.5, 0.6) is 11.5 Å². The molecule has 0 bridgehead atoms. The van der Waals surface area contributed by atoms with Crippen molar-refractivity contribution in [2.75, 3.05) is 20.0 Å². The van der Waals surface area contributed by atoms with Crippen molar-refractivity contribution in [3.8, 4) is 11.5 Å². The summed E-state index contributed by atoms with van der Waals surface area (Å²) < 4.78 is 10.8. The molecule has 2 aromatic heterocycles. The summed E-state index contributed by atoms with van der Waals surface area (Å²) in [5.74, 6) is 2.20. The summed E-state index contributed by atoms with van der Waals surface area (Å²) >= 11 is 1.33. The number of nitrogens with zero attached hydrogens (tertiary/aromatic N) is 2. The average molecular weight is 463 g/mol. The molecular formula is C25H26N4O3S. The molecule has 170 valence electrons. The number of carbonyl (C=O) groups is 1. The smallest absolute Gasteiger partial charge is 0.262 e. The number of amides is 1. The predicted molar refractivity (Wildman–Crippen MR) is 131 cm³/mol. The molecule has 0 saturated heterocycles. The Hall–Kier alpha value is -3.65. The van der Waals surface area contributed by atoms with E-state index in [4.69, 9.17) is 20.2 Å². The first-order chi connectivity index (χ1) is 15.9. The number of carbonyl (C=O) groups excluding carboxylic acids is 1. The molecule has 0 radical (unpaired) electrons. The molecular weight excluding hydrogens is 436 g/mol. The molecule has 2 heterocycles. The summed E-state index contributed by atoms with van der Waals surface area (Å²) in [7, 11) is 3.21. The molecule has 8 heteroatoms. The van der Waals surface area contributed by atoms with Gasteiger partial charge >= 0.3 is 0 Å². The average Bonchev–Trinajstić information content (AvgIpc) is 3.16. The molecule has 4 aromatic rings. The van der Waals surface area contributed by atoms with Gasteiger partial charge in [-0.15, -0.1) is 11.3 Å². The molecule has 1 amide bonds. The number of hydrogen-bond acceptors (Lipinski definition) is 7. The number of anilines is 1. The van der Waals surface area contributed by atoms with E-state index in [1.807, 2.05) is 62.4 Å². The lowest BCUT2D eigenvalue weighted by Gasteiger charge is -2.18. The van der Waals surface area contributed by atoms with E-state index < -0.39 is 0 Å². The van der Waals surface area contributed by atoms with Crippen LogP contribution in [0, 0.1) is 6.92 Å². The van der Waals surface area contributed by atoms with Crippen molar-refractivity contribution in [1.82, 2.24) is 15.3 Å². The van der Waals surface area contributed by atoms with Gasteiger partial charge in [0.2, 0.25) is 0 Å². The quantitative estimate of drug-likeness (QED) is 0.414. The molecule has 0 aliphatic heterocycles. The van der Waals surface area contributed by atoms with Crippen LogP contribution in [-0.2, 0) is 6.42 Å². The zero-order chi connectivity index (χ0) is 23.5. The highest BCUT2D eigenvalue weighted by molar-refractivity contribution is 7.20. The number of rotatable bonds is 7. The number of benzene rings is 2. The molecule has 4 rings (SSSR count). The van der Waals surface area contributed by atoms with Crippen LogP contribution in [-0.4, -0.2) is 30.1 Å². The van der Waals surface area contributed by atoms with Gasteiger partial charge in [-0.3, -0.25) is 4.79 Å². The zero-order valence-corrected chi connectivity index (χ0v) is 19.8. The SMILES string of the molecule is COc1ccc(OC)c([C@@H](C)NC(=O)c2sc3nc(Cc4ccccc4)nc(N)c3c2C)c1. The Morgan fingerprint density at radius 1 is 1.12 bits per heavy atom. The lowest BCUT2D eigenvalue weighted by molar-refractivity contribution is 0.0943. The molecule has 0 spiro atoms. The highest BCUT2D eigenvalue weighted by atomic mass is 32.1. The van der Waals surface area contributed by atoms with E-state index in [-0.39, 0.29) is 11.9 Å². The van der Waals surface area contributed by atoms with Crippen LogP contribution in [0.25, 0.3) is 10.2 Å². The number of thiophene rings is 1. The number of ether oxygens (including phenoxy) is 2. The second kappa shape index (κ2) is 9.46. The Kier molecular flexibility index (Phi) is 6.46. The van der Waals surface area contributed by atoms with Crippen molar-refractivity contribution in [1.29, 1.82) is 0 Å². The number of methoxy groups -OCH3 is 2. The summed E-state index contributed by atoms with van der Waals surface area (Å²) in [4.78, 5) is 23.7. The van der Waals surface area contributed by atoms with Gasteiger partial charge in [-0.2, -0.15) is 0 Å². The van der Waals surface area contributed by atoms with E-state index in [9.17, 15) is 4.79 Å². The van der Waals surface area contributed by atoms with Gasteiger partial charge in [-0.25, -0.2) is 9.97 Å². The summed E-state index contributed by atoms with van der Waals surface area (Å²) in [5, 5.41) is 3.79. The van der Waals surface area contributed by atoms with Gasteiger partial charge in [0.15, 0.2) is 0 Å². The number of nitrogens with two attached hydrogens (primary N) is 1. The van der Waals surface area contributed by atoms with Gasteiger partial charge in [0, 0.05) is 12.0 Å².